The van der Waals surface area contributed by atoms with E-state index in [1.807, 2.05) is 0 Å². The van der Waals surface area contributed by atoms with E-state index in [2.05, 4.69) is 177 Å². The lowest BCUT2D eigenvalue weighted by Gasteiger charge is -2.30. The fourth-order valence-corrected chi connectivity index (χ4v) is 6.04. The second-order valence-electron chi connectivity index (χ2n) is 12.1. The summed E-state index contributed by atoms with van der Waals surface area (Å²) in [4.78, 5) is 7.59. The van der Waals surface area contributed by atoms with Crippen molar-refractivity contribution in [1.82, 2.24) is 4.98 Å². The number of fused-ring (bicyclic) bond motifs is 2. The summed E-state index contributed by atoms with van der Waals surface area (Å²) >= 11 is 0. The average molecular weight is 555 g/mol. The van der Waals surface area contributed by atoms with Gasteiger partial charge in [0.2, 0.25) is 0 Å². The zero-order valence-electron chi connectivity index (χ0n) is 24.8. The molecule has 0 bridgehead atoms. The standard InChI is InChI=1S/C41H34N2/c1-41(2,3)37-23-14-24-38(42-37)43(32-17-8-5-9-18-32)40-35-21-12-10-19-33(35)39(34-20-11-13-22-36(34)40)31-27-25-30(26-28-31)29-15-6-4-7-16-29/h4-28H,1-3H3. The summed E-state index contributed by atoms with van der Waals surface area (Å²) in [7, 11) is 0. The molecule has 2 heteroatoms. The van der Waals surface area contributed by atoms with Crippen LogP contribution in [0.2, 0.25) is 0 Å². The molecule has 0 atom stereocenters. The van der Waals surface area contributed by atoms with Crippen LogP contribution in [-0.2, 0) is 5.41 Å². The zero-order valence-corrected chi connectivity index (χ0v) is 24.8. The van der Waals surface area contributed by atoms with Gasteiger partial charge in [0.05, 0.1) is 5.69 Å². The molecule has 0 aliphatic rings. The summed E-state index contributed by atoms with van der Waals surface area (Å²) in [5, 5.41) is 4.82. The molecule has 1 heterocycles. The molecule has 0 saturated carbocycles. The Morgan fingerprint density at radius 1 is 0.442 bits per heavy atom. The highest BCUT2D eigenvalue weighted by atomic mass is 15.2. The predicted molar refractivity (Wildman–Crippen MR) is 184 cm³/mol. The molecule has 6 aromatic carbocycles. The van der Waals surface area contributed by atoms with Crippen LogP contribution in [0.25, 0.3) is 43.8 Å². The van der Waals surface area contributed by atoms with Crippen molar-refractivity contribution >= 4 is 38.7 Å². The SMILES string of the molecule is CC(C)(C)c1cccc(N(c2ccccc2)c2c3ccccc3c(-c3ccc(-c4ccccc4)cc3)c3ccccc23)n1. The Bertz CT molecular complexity index is 1980. The molecular formula is C41H34N2. The number of benzene rings is 6. The van der Waals surface area contributed by atoms with Crippen molar-refractivity contribution < 1.29 is 0 Å². The summed E-state index contributed by atoms with van der Waals surface area (Å²) < 4.78 is 0. The fourth-order valence-electron chi connectivity index (χ4n) is 6.04. The van der Waals surface area contributed by atoms with Crippen LogP contribution in [0.5, 0.6) is 0 Å². The number of nitrogens with zero attached hydrogens (tertiary/aromatic N) is 2. The van der Waals surface area contributed by atoms with Gasteiger partial charge in [-0.15, -0.1) is 0 Å². The van der Waals surface area contributed by atoms with E-state index in [1.165, 1.54) is 43.8 Å². The highest BCUT2D eigenvalue weighted by molar-refractivity contribution is 6.22. The van der Waals surface area contributed by atoms with Crippen molar-refractivity contribution in [2.45, 2.75) is 26.2 Å². The topological polar surface area (TPSA) is 16.1 Å². The van der Waals surface area contributed by atoms with Gasteiger partial charge in [0.1, 0.15) is 5.82 Å². The number of hydrogen-bond acceptors (Lipinski definition) is 2. The predicted octanol–water partition coefficient (Wildman–Crippen LogP) is 11.5. The molecular weight excluding hydrogens is 520 g/mol. The van der Waals surface area contributed by atoms with Gasteiger partial charge in [-0.3, -0.25) is 4.90 Å². The van der Waals surface area contributed by atoms with Crippen molar-refractivity contribution in [3.63, 3.8) is 0 Å². The molecule has 7 rings (SSSR count). The summed E-state index contributed by atoms with van der Waals surface area (Å²) in [5.41, 5.74) is 8.11. The van der Waals surface area contributed by atoms with Gasteiger partial charge in [0.25, 0.3) is 0 Å². The first-order valence-electron chi connectivity index (χ1n) is 14.9. The van der Waals surface area contributed by atoms with Crippen molar-refractivity contribution in [2.24, 2.45) is 0 Å². The van der Waals surface area contributed by atoms with Gasteiger partial charge in [-0.05, 0) is 57.3 Å². The third kappa shape index (κ3) is 4.96. The van der Waals surface area contributed by atoms with Crippen LogP contribution >= 0.6 is 0 Å². The lowest BCUT2D eigenvalue weighted by Crippen LogP contribution is -2.18. The van der Waals surface area contributed by atoms with Crippen LogP contribution in [0, 0.1) is 0 Å². The minimum absolute atomic E-state index is 0.0712. The first-order chi connectivity index (χ1) is 21.0. The zero-order chi connectivity index (χ0) is 29.4. The van der Waals surface area contributed by atoms with E-state index in [0.717, 1.165) is 22.9 Å². The maximum atomic E-state index is 5.26. The van der Waals surface area contributed by atoms with Crippen LogP contribution in [0.3, 0.4) is 0 Å². The van der Waals surface area contributed by atoms with Gasteiger partial charge in [-0.2, -0.15) is 0 Å². The third-order valence-electron chi connectivity index (χ3n) is 8.15. The Morgan fingerprint density at radius 2 is 0.930 bits per heavy atom. The summed E-state index contributed by atoms with van der Waals surface area (Å²) in [6.45, 7) is 6.65. The molecule has 208 valence electrons. The van der Waals surface area contributed by atoms with Crippen molar-refractivity contribution in [2.75, 3.05) is 4.90 Å². The maximum absolute atomic E-state index is 5.26. The monoisotopic (exact) mass is 554 g/mol. The Kier molecular flexibility index (Phi) is 6.75. The quantitative estimate of drug-likeness (QED) is 0.197. The Balaban J connectivity index is 1.52. The molecule has 43 heavy (non-hydrogen) atoms. The lowest BCUT2D eigenvalue weighted by molar-refractivity contribution is 0.569. The van der Waals surface area contributed by atoms with E-state index in [1.54, 1.807) is 0 Å². The molecule has 0 N–H and O–H groups in total. The highest BCUT2D eigenvalue weighted by Gasteiger charge is 2.24. The van der Waals surface area contributed by atoms with Gasteiger partial charge >= 0.3 is 0 Å². The van der Waals surface area contributed by atoms with E-state index in [9.17, 15) is 0 Å². The molecule has 7 aromatic rings. The number of aromatic nitrogens is 1. The van der Waals surface area contributed by atoms with Crippen molar-refractivity contribution in [3.05, 3.63) is 157 Å². The number of rotatable bonds is 5. The van der Waals surface area contributed by atoms with Crippen molar-refractivity contribution in [1.29, 1.82) is 0 Å². The van der Waals surface area contributed by atoms with Gasteiger partial charge in [0, 0.05) is 27.6 Å². The van der Waals surface area contributed by atoms with Crippen molar-refractivity contribution in [3.8, 4) is 22.3 Å². The van der Waals surface area contributed by atoms with Crippen LogP contribution < -0.4 is 4.90 Å². The number of hydrogen-bond donors (Lipinski definition) is 0. The summed E-state index contributed by atoms with van der Waals surface area (Å²) in [6.07, 6.45) is 0. The van der Waals surface area contributed by atoms with E-state index >= 15 is 0 Å². The molecule has 0 saturated heterocycles. The fraction of sp³-hybridized carbons (Fsp3) is 0.0976. The number of para-hydroxylation sites is 1. The summed E-state index contributed by atoms with van der Waals surface area (Å²) in [6, 6.07) is 54.2. The molecule has 2 nitrogen and oxygen atoms in total. The highest BCUT2D eigenvalue weighted by Crippen LogP contribution is 2.47. The van der Waals surface area contributed by atoms with Gasteiger partial charge in [0.15, 0.2) is 0 Å². The van der Waals surface area contributed by atoms with E-state index in [-0.39, 0.29) is 5.41 Å². The second-order valence-corrected chi connectivity index (χ2v) is 12.1. The molecule has 0 fully saturated rings. The normalized spacial score (nSPS) is 11.6. The maximum Gasteiger partial charge on any atom is 0.137 e. The van der Waals surface area contributed by atoms with Crippen LogP contribution in [0.1, 0.15) is 26.5 Å². The molecule has 0 unspecified atom stereocenters. The summed E-state index contributed by atoms with van der Waals surface area (Å²) in [5.74, 6) is 0.911. The van der Waals surface area contributed by atoms with Crippen LogP contribution in [-0.4, -0.2) is 4.98 Å². The van der Waals surface area contributed by atoms with Gasteiger partial charge < -0.3 is 0 Å². The molecule has 0 spiro atoms. The van der Waals surface area contributed by atoms with E-state index in [0.29, 0.717) is 0 Å². The van der Waals surface area contributed by atoms with E-state index in [4.69, 9.17) is 4.98 Å². The third-order valence-corrected chi connectivity index (χ3v) is 8.15. The Hall–Kier alpha value is -5.21. The van der Waals surface area contributed by atoms with Crippen LogP contribution in [0.4, 0.5) is 17.2 Å². The number of anilines is 3. The lowest BCUT2D eigenvalue weighted by atomic mass is 9.89. The smallest absolute Gasteiger partial charge is 0.137 e. The molecule has 0 amide bonds. The first kappa shape index (κ1) is 26.7. The Morgan fingerprint density at radius 3 is 1.51 bits per heavy atom. The molecule has 0 aliphatic carbocycles. The Labute approximate surface area is 253 Å². The van der Waals surface area contributed by atoms with E-state index < -0.39 is 0 Å². The van der Waals surface area contributed by atoms with Crippen LogP contribution in [0.15, 0.2) is 152 Å². The molecule has 1 aromatic heterocycles. The molecule has 0 radical (unpaired) electrons. The minimum atomic E-state index is -0.0712. The first-order valence-corrected chi connectivity index (χ1v) is 14.9. The second kappa shape index (κ2) is 10.9. The largest absolute Gasteiger partial charge is 0.294 e. The average Bonchev–Trinajstić information content (AvgIpc) is 3.05. The van der Waals surface area contributed by atoms with Gasteiger partial charge in [-0.1, -0.05) is 148 Å². The molecule has 0 aliphatic heterocycles. The number of pyridine rings is 1. The minimum Gasteiger partial charge on any atom is -0.294 e. The van der Waals surface area contributed by atoms with Gasteiger partial charge in [-0.25, -0.2) is 4.98 Å².